The average Bonchev–Trinajstić information content (AvgIpc) is 3.44. The first-order valence-corrected chi connectivity index (χ1v) is 12.8. The number of hydrogen-bond donors (Lipinski definition) is 3. The standard InChI is InChI=1S/C26H34BF3N4O5/c1-24(2,33-12-10-26(29,30)16-33)14-19(15-31)22(35)34-11-4-9-25(34,3)17-39-23(36)32-21(27(37)38)13-18-5-7-20(28)8-6-18/h5-8,14,21,37-38H,4,9-13,16-17H2,1-3H3,(H,32,36)/t21?,25-/m1/s1. The second-order valence-corrected chi connectivity index (χ2v) is 11.0. The van der Waals surface area contributed by atoms with Crippen molar-refractivity contribution in [3.05, 3.63) is 47.3 Å². The fourth-order valence-corrected chi connectivity index (χ4v) is 5.00. The number of alkyl halides is 2. The maximum Gasteiger partial charge on any atom is 0.475 e. The number of benzene rings is 1. The molecule has 2 heterocycles. The van der Waals surface area contributed by atoms with Gasteiger partial charge in [0.1, 0.15) is 24.1 Å². The predicted octanol–water partition coefficient (Wildman–Crippen LogP) is 2.43. The minimum atomic E-state index is -2.82. The molecule has 0 spiro atoms. The van der Waals surface area contributed by atoms with Crippen LogP contribution in [0.25, 0.3) is 0 Å². The highest BCUT2D eigenvalue weighted by molar-refractivity contribution is 6.43. The highest BCUT2D eigenvalue weighted by Crippen LogP contribution is 2.34. The van der Waals surface area contributed by atoms with Crippen molar-refractivity contribution in [2.45, 2.75) is 69.4 Å². The van der Waals surface area contributed by atoms with Gasteiger partial charge >= 0.3 is 13.2 Å². The molecule has 2 fully saturated rings. The summed E-state index contributed by atoms with van der Waals surface area (Å²) in [4.78, 5) is 28.9. The summed E-state index contributed by atoms with van der Waals surface area (Å²) < 4.78 is 46.0. The average molecular weight is 550 g/mol. The van der Waals surface area contributed by atoms with Crippen molar-refractivity contribution in [3.8, 4) is 6.07 Å². The van der Waals surface area contributed by atoms with Crippen molar-refractivity contribution in [3.63, 3.8) is 0 Å². The van der Waals surface area contributed by atoms with E-state index < -0.39 is 54.4 Å². The maximum absolute atomic E-state index is 13.8. The number of likely N-dealkylation sites (tertiary alicyclic amines) is 2. The van der Waals surface area contributed by atoms with Crippen LogP contribution >= 0.6 is 0 Å². The number of ether oxygens (including phenoxy) is 1. The molecular formula is C26H34BF3N4O5. The number of nitrogens with zero attached hydrogens (tertiary/aromatic N) is 3. The second kappa shape index (κ2) is 12.0. The van der Waals surface area contributed by atoms with Crippen LogP contribution in [0.3, 0.4) is 0 Å². The fourth-order valence-electron chi connectivity index (χ4n) is 5.00. The van der Waals surface area contributed by atoms with Gasteiger partial charge in [-0.2, -0.15) is 5.26 Å². The quantitative estimate of drug-likeness (QED) is 0.245. The van der Waals surface area contributed by atoms with Gasteiger partial charge in [0.25, 0.3) is 11.8 Å². The van der Waals surface area contributed by atoms with Gasteiger partial charge in [0.05, 0.1) is 18.0 Å². The largest absolute Gasteiger partial charge is 0.475 e. The molecule has 3 N–H and O–H groups in total. The van der Waals surface area contributed by atoms with E-state index in [-0.39, 0.29) is 31.6 Å². The van der Waals surface area contributed by atoms with E-state index in [1.165, 1.54) is 40.1 Å². The van der Waals surface area contributed by atoms with Crippen molar-refractivity contribution in [1.82, 2.24) is 15.1 Å². The lowest BCUT2D eigenvalue weighted by Gasteiger charge is -2.36. The molecule has 2 saturated heterocycles. The van der Waals surface area contributed by atoms with E-state index in [9.17, 15) is 38.1 Å². The summed E-state index contributed by atoms with van der Waals surface area (Å²) >= 11 is 0. The van der Waals surface area contributed by atoms with E-state index in [1.54, 1.807) is 20.8 Å². The van der Waals surface area contributed by atoms with Crippen molar-refractivity contribution in [2.75, 3.05) is 26.2 Å². The van der Waals surface area contributed by atoms with E-state index in [4.69, 9.17) is 4.74 Å². The summed E-state index contributed by atoms with van der Waals surface area (Å²) in [6.45, 7) is 4.82. The molecule has 2 aliphatic rings. The van der Waals surface area contributed by atoms with E-state index >= 15 is 0 Å². The highest BCUT2D eigenvalue weighted by Gasteiger charge is 2.45. The molecule has 2 aliphatic heterocycles. The second-order valence-electron chi connectivity index (χ2n) is 11.0. The van der Waals surface area contributed by atoms with Crippen LogP contribution < -0.4 is 5.32 Å². The molecular weight excluding hydrogens is 516 g/mol. The third-order valence-electron chi connectivity index (χ3n) is 7.37. The van der Waals surface area contributed by atoms with Crippen LogP contribution in [0, 0.1) is 17.1 Å². The lowest BCUT2D eigenvalue weighted by atomic mass is 9.76. The zero-order chi connectivity index (χ0) is 29.0. The molecule has 9 nitrogen and oxygen atoms in total. The normalized spacial score (nSPS) is 22.3. The van der Waals surface area contributed by atoms with Gasteiger partial charge in [-0.05, 0) is 63.8 Å². The van der Waals surface area contributed by atoms with Gasteiger partial charge in [0.2, 0.25) is 0 Å². The van der Waals surface area contributed by atoms with E-state index in [0.717, 1.165) is 0 Å². The minimum absolute atomic E-state index is 0.00395. The number of rotatable bonds is 9. The summed E-state index contributed by atoms with van der Waals surface area (Å²) in [7, 11) is -1.91. The SMILES string of the molecule is CC(C)(C=C(C#N)C(=O)N1CCC[C@]1(C)COC(=O)NC(Cc1ccc(F)cc1)B(O)O)N1CCC(F)(F)C1. The molecule has 1 aromatic rings. The molecule has 0 radical (unpaired) electrons. The van der Waals surface area contributed by atoms with Gasteiger partial charge in [-0.25, -0.2) is 18.0 Å². The number of amides is 2. The Hall–Kier alpha value is -3.08. The number of alkyl carbamates (subject to hydrolysis) is 1. The number of hydrogen-bond acceptors (Lipinski definition) is 7. The van der Waals surface area contributed by atoms with E-state index in [0.29, 0.717) is 24.9 Å². The van der Waals surface area contributed by atoms with Gasteiger partial charge in [-0.1, -0.05) is 12.1 Å². The first-order valence-electron chi connectivity index (χ1n) is 12.8. The Bertz CT molecular complexity index is 1130. The van der Waals surface area contributed by atoms with Crippen molar-refractivity contribution in [2.24, 2.45) is 0 Å². The third-order valence-corrected chi connectivity index (χ3v) is 7.37. The lowest BCUT2D eigenvalue weighted by molar-refractivity contribution is -0.131. The molecule has 212 valence electrons. The van der Waals surface area contributed by atoms with Crippen LogP contribution in [0.1, 0.15) is 45.6 Å². The summed E-state index contributed by atoms with van der Waals surface area (Å²) in [5.74, 6) is -4.99. The summed E-state index contributed by atoms with van der Waals surface area (Å²) in [5.41, 5.74) is -1.53. The predicted molar refractivity (Wildman–Crippen MR) is 137 cm³/mol. The Labute approximate surface area is 226 Å². The maximum atomic E-state index is 13.8. The monoisotopic (exact) mass is 550 g/mol. The third kappa shape index (κ3) is 7.74. The zero-order valence-corrected chi connectivity index (χ0v) is 22.3. The van der Waals surface area contributed by atoms with Gasteiger partial charge < -0.3 is 25.0 Å². The summed E-state index contributed by atoms with van der Waals surface area (Å²) in [6.07, 6.45) is 1.25. The first kappa shape index (κ1) is 30.5. The molecule has 13 heteroatoms. The van der Waals surface area contributed by atoms with E-state index in [1.807, 2.05) is 6.07 Å². The molecule has 0 bridgehead atoms. The van der Waals surface area contributed by atoms with Gasteiger partial charge in [0, 0.05) is 25.0 Å². The van der Waals surface area contributed by atoms with Crippen molar-refractivity contribution < 1.29 is 37.5 Å². The summed E-state index contributed by atoms with van der Waals surface area (Å²) in [5, 5.41) is 31.5. The molecule has 0 aromatic heterocycles. The van der Waals surface area contributed by atoms with Crippen LogP contribution in [-0.4, -0.2) is 88.1 Å². The molecule has 3 rings (SSSR count). The van der Waals surface area contributed by atoms with Crippen molar-refractivity contribution in [1.29, 1.82) is 5.26 Å². The highest BCUT2D eigenvalue weighted by atomic mass is 19.3. The van der Waals surface area contributed by atoms with Crippen LogP contribution in [0.15, 0.2) is 35.9 Å². The Kier molecular flexibility index (Phi) is 9.36. The molecule has 2 amide bonds. The van der Waals surface area contributed by atoms with Crippen molar-refractivity contribution >= 4 is 19.1 Å². The number of nitriles is 1. The van der Waals surface area contributed by atoms with Crippen LogP contribution in [0.4, 0.5) is 18.0 Å². The zero-order valence-electron chi connectivity index (χ0n) is 22.3. The number of nitrogens with one attached hydrogen (secondary N) is 1. The number of carbonyl (C=O) groups excluding carboxylic acids is 2. The van der Waals surface area contributed by atoms with Crippen LogP contribution in [0.2, 0.25) is 0 Å². The minimum Gasteiger partial charge on any atom is -0.447 e. The van der Waals surface area contributed by atoms with Gasteiger partial charge in [-0.15, -0.1) is 0 Å². The topological polar surface area (TPSA) is 126 Å². The Morgan fingerprint density at radius 2 is 1.92 bits per heavy atom. The number of halogens is 3. The Morgan fingerprint density at radius 3 is 2.49 bits per heavy atom. The lowest BCUT2D eigenvalue weighted by Crippen LogP contribution is -2.52. The molecule has 0 saturated carbocycles. The molecule has 0 aliphatic carbocycles. The fraction of sp³-hybridized carbons (Fsp3) is 0.577. The van der Waals surface area contributed by atoms with E-state index in [2.05, 4.69) is 5.32 Å². The van der Waals surface area contributed by atoms with Gasteiger partial charge in [-0.3, -0.25) is 9.69 Å². The number of carbonyl (C=O) groups is 2. The van der Waals surface area contributed by atoms with Crippen LogP contribution in [0.5, 0.6) is 0 Å². The van der Waals surface area contributed by atoms with Gasteiger partial charge in [0.15, 0.2) is 0 Å². The molecule has 2 atom stereocenters. The first-order chi connectivity index (χ1) is 18.2. The molecule has 1 unspecified atom stereocenters. The molecule has 1 aromatic carbocycles. The van der Waals surface area contributed by atoms with Crippen LogP contribution in [-0.2, 0) is 16.0 Å². The smallest absolute Gasteiger partial charge is 0.447 e. The Balaban J connectivity index is 1.65. The Morgan fingerprint density at radius 1 is 1.26 bits per heavy atom. The summed E-state index contributed by atoms with van der Waals surface area (Å²) in [6, 6.07) is 7.24. The molecule has 39 heavy (non-hydrogen) atoms.